The number of carbonyl (C=O) groups is 1. The molecule has 35 heavy (non-hydrogen) atoms. The molecular weight excluding hydrogens is 445 g/mol. The fourth-order valence-corrected chi connectivity index (χ4v) is 4.35. The molecule has 2 nitrogen and oxygen atoms in total. The number of benzene rings is 4. The van der Waals surface area contributed by atoms with Crippen LogP contribution in [0.3, 0.4) is 0 Å². The Morgan fingerprint density at radius 2 is 0.829 bits per heavy atom. The van der Waals surface area contributed by atoms with Crippen molar-refractivity contribution in [2.24, 2.45) is 0 Å². The minimum atomic E-state index is -0.220. The largest absolute Gasteiger partial charge is 0.348 e. The summed E-state index contributed by atoms with van der Waals surface area (Å²) in [6.45, 7) is 0. The third-order valence-corrected chi connectivity index (χ3v) is 6.40. The second kappa shape index (κ2) is 13.0. The lowest BCUT2D eigenvalue weighted by molar-refractivity contribution is -0.129. The minimum Gasteiger partial charge on any atom is -0.348 e. The van der Waals surface area contributed by atoms with Crippen LogP contribution in [0.1, 0.15) is 39.3 Å². The predicted octanol–water partition coefficient (Wildman–Crippen LogP) is 6.54. The molecule has 4 bridgehead atoms. The van der Waals surface area contributed by atoms with E-state index in [1.54, 1.807) is 19.0 Å². The maximum absolute atomic E-state index is 12.4. The van der Waals surface area contributed by atoms with Crippen LogP contribution in [-0.4, -0.2) is 24.9 Å². The average molecular weight is 482 g/mol. The van der Waals surface area contributed by atoms with Crippen molar-refractivity contribution in [2.75, 3.05) is 14.1 Å². The van der Waals surface area contributed by atoms with Gasteiger partial charge in [-0.15, -0.1) is 0 Å². The van der Waals surface area contributed by atoms with E-state index >= 15 is 0 Å². The Kier molecular flexibility index (Phi) is 9.82. The zero-order valence-corrected chi connectivity index (χ0v) is 22.3. The van der Waals surface area contributed by atoms with Gasteiger partial charge in [-0.1, -0.05) is 109 Å². The van der Waals surface area contributed by atoms with Crippen LogP contribution in [0.15, 0.2) is 109 Å². The van der Waals surface area contributed by atoms with Crippen molar-refractivity contribution in [3.63, 3.8) is 0 Å². The van der Waals surface area contributed by atoms with Crippen LogP contribution in [0.5, 0.6) is 0 Å². The average Bonchev–Trinajstić information content (AvgIpc) is 2.88. The maximum atomic E-state index is 12.4. The van der Waals surface area contributed by atoms with E-state index in [0.717, 1.165) is 36.8 Å². The van der Waals surface area contributed by atoms with Gasteiger partial charge in [-0.3, -0.25) is 4.79 Å². The van der Waals surface area contributed by atoms with E-state index in [2.05, 4.69) is 48.5 Å². The first kappa shape index (κ1) is 26.4. The smallest absolute Gasteiger partial charge is 0.234 e. The van der Waals surface area contributed by atoms with E-state index in [9.17, 15) is 4.79 Å². The van der Waals surface area contributed by atoms with Crippen molar-refractivity contribution >= 4 is 15.8 Å². The maximum Gasteiger partial charge on any atom is 0.234 e. The number of likely N-dealkylation sites (N-methyl/N-ethyl adjacent to an activating group) is 1. The highest BCUT2D eigenvalue weighted by Gasteiger charge is 2.23. The molecule has 0 saturated carbocycles. The highest BCUT2D eigenvalue weighted by atomic mass is 31.0. The van der Waals surface area contributed by atoms with Gasteiger partial charge in [-0.05, 0) is 59.1 Å². The van der Waals surface area contributed by atoms with Gasteiger partial charge in [-0.2, -0.15) is 9.90 Å². The van der Waals surface area contributed by atoms with Crippen molar-refractivity contribution < 1.29 is 4.79 Å². The number of hydrogen-bond acceptors (Lipinski definition) is 1. The molecule has 4 aromatic carbocycles. The SMILES string of the molecule is CN(C)C(=O)C(c1ccccc1)c1ccccc1.P.c1cc2ccc1CCc1ccc(cc1)CC2. The fourth-order valence-electron chi connectivity index (χ4n) is 4.35. The molecule has 1 amide bonds. The second-order valence-electron chi connectivity index (χ2n) is 9.12. The van der Waals surface area contributed by atoms with Gasteiger partial charge in [0.15, 0.2) is 0 Å². The Bertz CT molecular complexity index is 1040. The van der Waals surface area contributed by atoms with E-state index < -0.39 is 0 Å². The van der Waals surface area contributed by atoms with E-state index in [1.807, 2.05) is 60.7 Å². The normalized spacial score (nSPS) is 12.0. The molecule has 0 aromatic heterocycles. The summed E-state index contributed by atoms with van der Waals surface area (Å²) >= 11 is 0. The summed E-state index contributed by atoms with van der Waals surface area (Å²) < 4.78 is 0. The van der Waals surface area contributed by atoms with Crippen LogP contribution in [0.4, 0.5) is 0 Å². The van der Waals surface area contributed by atoms with Crippen molar-refractivity contribution in [2.45, 2.75) is 31.6 Å². The van der Waals surface area contributed by atoms with Gasteiger partial charge in [0, 0.05) is 14.1 Å². The number of rotatable bonds is 3. The second-order valence-corrected chi connectivity index (χ2v) is 9.12. The van der Waals surface area contributed by atoms with Gasteiger partial charge in [0.1, 0.15) is 0 Å². The van der Waals surface area contributed by atoms with E-state index in [0.29, 0.717) is 0 Å². The molecule has 0 spiro atoms. The molecule has 8 rings (SSSR count). The molecule has 0 heterocycles. The lowest BCUT2D eigenvalue weighted by Crippen LogP contribution is -2.28. The van der Waals surface area contributed by atoms with Gasteiger partial charge in [0.05, 0.1) is 5.92 Å². The highest BCUT2D eigenvalue weighted by molar-refractivity contribution is 6.92. The Morgan fingerprint density at radius 1 is 0.543 bits per heavy atom. The monoisotopic (exact) mass is 481 g/mol. The first-order valence-corrected chi connectivity index (χ1v) is 12.1. The van der Waals surface area contributed by atoms with Crippen LogP contribution >= 0.6 is 9.90 Å². The molecule has 180 valence electrons. The van der Waals surface area contributed by atoms with Crippen LogP contribution in [0, 0.1) is 0 Å². The Hall–Kier alpha value is -3.22. The number of hydrogen-bond donors (Lipinski definition) is 0. The lowest BCUT2D eigenvalue weighted by Gasteiger charge is -2.21. The number of nitrogens with zero attached hydrogens (tertiary/aromatic N) is 1. The summed E-state index contributed by atoms with van der Waals surface area (Å²) in [5, 5.41) is 0. The van der Waals surface area contributed by atoms with Crippen molar-refractivity contribution in [3.8, 4) is 0 Å². The molecule has 1 unspecified atom stereocenters. The number of carbonyl (C=O) groups excluding carboxylic acids is 1. The third kappa shape index (κ3) is 7.38. The molecule has 0 aliphatic heterocycles. The third-order valence-electron chi connectivity index (χ3n) is 6.40. The van der Waals surface area contributed by atoms with E-state index in [1.165, 1.54) is 22.3 Å². The molecule has 4 aromatic rings. The summed E-state index contributed by atoms with van der Waals surface area (Å²) in [6.07, 6.45) is 4.61. The summed E-state index contributed by atoms with van der Waals surface area (Å²) in [4.78, 5) is 14.0. The zero-order chi connectivity index (χ0) is 23.8. The summed E-state index contributed by atoms with van der Waals surface area (Å²) in [5.41, 5.74) is 7.87. The van der Waals surface area contributed by atoms with Crippen LogP contribution in [0.25, 0.3) is 0 Å². The van der Waals surface area contributed by atoms with Crippen LogP contribution in [-0.2, 0) is 30.5 Å². The van der Waals surface area contributed by atoms with Gasteiger partial charge in [0.25, 0.3) is 0 Å². The van der Waals surface area contributed by atoms with Crippen molar-refractivity contribution in [1.29, 1.82) is 0 Å². The summed E-state index contributed by atoms with van der Waals surface area (Å²) in [6, 6.07) is 38.0. The van der Waals surface area contributed by atoms with Gasteiger partial charge >= 0.3 is 0 Å². The lowest BCUT2D eigenvalue weighted by atomic mass is 9.90. The molecule has 4 aliphatic rings. The molecule has 4 aliphatic carbocycles. The minimum absolute atomic E-state index is 0. The molecular formula is C32H36NOP. The zero-order valence-electron chi connectivity index (χ0n) is 20.9. The topological polar surface area (TPSA) is 20.3 Å². The van der Waals surface area contributed by atoms with E-state index in [4.69, 9.17) is 0 Å². The van der Waals surface area contributed by atoms with Crippen molar-refractivity contribution in [1.82, 2.24) is 4.90 Å². The Labute approximate surface area is 213 Å². The number of amides is 1. The van der Waals surface area contributed by atoms with Gasteiger partial charge in [0.2, 0.25) is 5.91 Å². The predicted molar refractivity (Wildman–Crippen MR) is 152 cm³/mol. The van der Waals surface area contributed by atoms with E-state index in [-0.39, 0.29) is 21.7 Å². The Balaban J connectivity index is 0.000000191. The standard InChI is InChI=1S/C16H17NO.C16H16.H3P/c1-17(2)16(18)15(13-9-5-3-6-10-13)14-11-7-4-8-12-14;1-2-14-4-3-13(1)9-10-15-5-7-16(8-6-15)12-11-14;/h3-12,15H,1-2H3;1-8H,9-12H2;1H3. The Morgan fingerprint density at radius 3 is 1.09 bits per heavy atom. The summed E-state index contributed by atoms with van der Waals surface area (Å²) in [7, 11) is 3.59. The molecule has 0 radical (unpaired) electrons. The number of aryl methyl sites for hydroxylation is 4. The first-order chi connectivity index (χ1) is 16.6. The summed E-state index contributed by atoms with van der Waals surface area (Å²) in [5.74, 6) is -0.116. The first-order valence-electron chi connectivity index (χ1n) is 12.1. The molecule has 0 N–H and O–H groups in total. The highest BCUT2D eigenvalue weighted by Crippen LogP contribution is 2.26. The molecule has 0 fully saturated rings. The molecule has 1 atom stereocenters. The fraction of sp³-hybridized carbons (Fsp3) is 0.219. The van der Waals surface area contributed by atoms with Gasteiger partial charge in [-0.25, -0.2) is 0 Å². The van der Waals surface area contributed by atoms with Crippen LogP contribution in [0.2, 0.25) is 0 Å². The molecule has 0 saturated heterocycles. The van der Waals surface area contributed by atoms with Gasteiger partial charge < -0.3 is 4.90 Å². The quantitative estimate of drug-likeness (QED) is 0.305. The van der Waals surface area contributed by atoms with Crippen LogP contribution < -0.4 is 0 Å². The van der Waals surface area contributed by atoms with Crippen molar-refractivity contribution in [3.05, 3.63) is 143 Å². The molecule has 3 heteroatoms.